The Labute approximate surface area is 81.7 Å². The Balaban J connectivity index is 2.19. The van der Waals surface area contributed by atoms with Crippen molar-refractivity contribution in [2.75, 3.05) is 6.54 Å². The lowest BCUT2D eigenvalue weighted by molar-refractivity contribution is 0.383. The Kier molecular flexibility index (Phi) is 2.63. The number of thiol groups is 1. The van der Waals surface area contributed by atoms with E-state index in [0.29, 0.717) is 6.04 Å². The van der Waals surface area contributed by atoms with Crippen LogP contribution in [0.4, 0.5) is 0 Å². The minimum Gasteiger partial charge on any atom is -0.310 e. The Morgan fingerprint density at radius 2 is 2.33 bits per heavy atom. The van der Waals surface area contributed by atoms with Gasteiger partial charge in [-0.3, -0.25) is 0 Å². The molecular weight excluding hydrogens is 186 g/mol. The fourth-order valence-electron chi connectivity index (χ4n) is 1.36. The van der Waals surface area contributed by atoms with Gasteiger partial charge in [-0.2, -0.15) is 0 Å². The van der Waals surface area contributed by atoms with Crippen LogP contribution < -0.4 is 5.32 Å². The van der Waals surface area contributed by atoms with E-state index in [1.165, 1.54) is 27.7 Å². The Morgan fingerprint density at radius 3 is 2.92 bits per heavy atom. The van der Waals surface area contributed by atoms with Crippen molar-refractivity contribution in [3.8, 4) is 0 Å². The van der Waals surface area contributed by atoms with E-state index in [1.807, 2.05) is 0 Å². The van der Waals surface area contributed by atoms with Crippen LogP contribution in [0, 0.1) is 0 Å². The zero-order valence-electron chi connectivity index (χ0n) is 6.66. The fraction of sp³-hybridized carbons (Fsp3) is 0.333. The molecule has 0 aromatic heterocycles. The van der Waals surface area contributed by atoms with Crippen LogP contribution in [0.2, 0.25) is 0 Å². The molecule has 1 nitrogen and oxygen atoms in total. The van der Waals surface area contributed by atoms with Crippen LogP contribution in [-0.4, -0.2) is 6.54 Å². The first kappa shape index (κ1) is 8.48. The largest absolute Gasteiger partial charge is 0.310 e. The summed E-state index contributed by atoms with van der Waals surface area (Å²) in [6.45, 7) is 1.16. The van der Waals surface area contributed by atoms with Crippen LogP contribution in [0.3, 0.4) is 0 Å². The normalized spacial score (nSPS) is 21.9. The third-order valence-corrected chi connectivity index (χ3v) is 3.29. The Bertz CT molecular complexity index is 271. The molecule has 0 saturated carbocycles. The minimum absolute atomic E-state index is 0.588. The molecule has 1 fully saturated rings. The highest BCUT2D eigenvalue weighted by Gasteiger charge is 2.17. The molecular formula is C9H11NS2. The highest BCUT2D eigenvalue weighted by molar-refractivity contribution is 8.68. The SMILES string of the molecule is SSc1cccc(C2CCN2)c1. The zero-order chi connectivity index (χ0) is 8.39. The standard InChI is InChI=1S/C9H11NS2/c11-12-8-3-1-2-7(6-8)9-4-5-10-9/h1-3,6,9-11H,4-5H2. The van der Waals surface area contributed by atoms with E-state index in [9.17, 15) is 0 Å². The summed E-state index contributed by atoms with van der Waals surface area (Å²) in [6, 6.07) is 9.14. The highest BCUT2D eigenvalue weighted by Crippen LogP contribution is 2.28. The number of nitrogens with one attached hydrogen (secondary N) is 1. The van der Waals surface area contributed by atoms with Crippen LogP contribution in [0.25, 0.3) is 0 Å². The van der Waals surface area contributed by atoms with Gasteiger partial charge >= 0.3 is 0 Å². The lowest BCUT2D eigenvalue weighted by atomic mass is 9.98. The molecule has 3 heteroatoms. The molecule has 0 bridgehead atoms. The third kappa shape index (κ3) is 1.63. The third-order valence-electron chi connectivity index (χ3n) is 2.19. The second kappa shape index (κ2) is 3.73. The van der Waals surface area contributed by atoms with Crippen molar-refractivity contribution >= 4 is 22.5 Å². The van der Waals surface area contributed by atoms with Crippen LogP contribution in [-0.2, 0) is 0 Å². The molecule has 1 atom stereocenters. The van der Waals surface area contributed by atoms with E-state index in [-0.39, 0.29) is 0 Å². The summed E-state index contributed by atoms with van der Waals surface area (Å²) in [5, 5.41) is 3.38. The molecule has 0 radical (unpaired) electrons. The molecule has 1 aromatic rings. The monoisotopic (exact) mass is 197 g/mol. The predicted molar refractivity (Wildman–Crippen MR) is 56.6 cm³/mol. The van der Waals surface area contributed by atoms with Gasteiger partial charge in [0, 0.05) is 10.9 Å². The highest BCUT2D eigenvalue weighted by atomic mass is 33.1. The lowest BCUT2D eigenvalue weighted by Gasteiger charge is -2.28. The molecule has 1 unspecified atom stereocenters. The first-order valence-electron chi connectivity index (χ1n) is 4.05. The smallest absolute Gasteiger partial charge is 0.0332 e. The number of rotatable bonds is 2. The van der Waals surface area contributed by atoms with Crippen LogP contribution in [0.15, 0.2) is 29.2 Å². The first-order valence-corrected chi connectivity index (χ1v) is 5.92. The lowest BCUT2D eigenvalue weighted by Crippen LogP contribution is -2.34. The Hall–Kier alpha value is -0.120. The molecule has 0 aliphatic carbocycles. The molecule has 12 heavy (non-hydrogen) atoms. The first-order chi connectivity index (χ1) is 5.90. The van der Waals surface area contributed by atoms with Gasteiger partial charge in [0.05, 0.1) is 0 Å². The molecule has 1 aliphatic rings. The number of benzene rings is 1. The maximum absolute atomic E-state index is 4.17. The van der Waals surface area contributed by atoms with E-state index in [0.717, 1.165) is 6.54 Å². The second-order valence-corrected chi connectivity index (χ2v) is 4.16. The van der Waals surface area contributed by atoms with Crippen molar-refractivity contribution < 1.29 is 0 Å². The molecule has 1 aliphatic heterocycles. The maximum atomic E-state index is 4.17. The average Bonchev–Trinajstić information content (AvgIpc) is 2.02. The van der Waals surface area contributed by atoms with Gasteiger partial charge in [0.25, 0.3) is 0 Å². The maximum Gasteiger partial charge on any atom is 0.0332 e. The predicted octanol–water partition coefficient (Wildman–Crippen LogP) is 2.66. The summed E-state index contributed by atoms with van der Waals surface area (Å²) in [6.07, 6.45) is 1.26. The summed E-state index contributed by atoms with van der Waals surface area (Å²) >= 11 is 4.17. The summed E-state index contributed by atoms with van der Waals surface area (Å²) in [4.78, 5) is 1.23. The summed E-state index contributed by atoms with van der Waals surface area (Å²) < 4.78 is 0. The van der Waals surface area contributed by atoms with Gasteiger partial charge in [-0.15, -0.1) is 11.7 Å². The molecule has 0 amide bonds. The molecule has 0 spiro atoms. The molecule has 1 heterocycles. The van der Waals surface area contributed by atoms with Crippen molar-refractivity contribution in [2.24, 2.45) is 0 Å². The minimum atomic E-state index is 0.588. The van der Waals surface area contributed by atoms with E-state index in [1.54, 1.807) is 0 Å². The van der Waals surface area contributed by atoms with Gasteiger partial charge < -0.3 is 5.32 Å². The number of hydrogen-bond donors (Lipinski definition) is 2. The Morgan fingerprint density at radius 1 is 1.50 bits per heavy atom. The van der Waals surface area contributed by atoms with Crippen molar-refractivity contribution in [1.82, 2.24) is 5.32 Å². The van der Waals surface area contributed by atoms with Gasteiger partial charge in [0.15, 0.2) is 0 Å². The van der Waals surface area contributed by atoms with Crippen molar-refractivity contribution in [2.45, 2.75) is 17.4 Å². The topological polar surface area (TPSA) is 12.0 Å². The van der Waals surface area contributed by atoms with Crippen LogP contribution >= 0.6 is 22.5 Å². The van der Waals surface area contributed by atoms with Crippen molar-refractivity contribution in [1.29, 1.82) is 0 Å². The molecule has 64 valence electrons. The van der Waals surface area contributed by atoms with E-state index < -0.39 is 0 Å². The molecule has 1 N–H and O–H groups in total. The molecule has 1 saturated heterocycles. The summed E-state index contributed by atoms with van der Waals surface area (Å²) in [7, 11) is 1.50. The van der Waals surface area contributed by atoms with Crippen LogP contribution in [0.5, 0.6) is 0 Å². The van der Waals surface area contributed by atoms with E-state index in [4.69, 9.17) is 0 Å². The van der Waals surface area contributed by atoms with Gasteiger partial charge in [-0.1, -0.05) is 22.9 Å². The second-order valence-electron chi connectivity index (χ2n) is 2.96. The summed E-state index contributed by atoms with van der Waals surface area (Å²) in [5.41, 5.74) is 1.39. The van der Waals surface area contributed by atoms with E-state index >= 15 is 0 Å². The van der Waals surface area contributed by atoms with Gasteiger partial charge in [0.2, 0.25) is 0 Å². The van der Waals surface area contributed by atoms with Crippen LogP contribution in [0.1, 0.15) is 18.0 Å². The fourth-order valence-corrected chi connectivity index (χ4v) is 2.03. The molecule has 1 aromatic carbocycles. The zero-order valence-corrected chi connectivity index (χ0v) is 8.37. The number of hydrogen-bond acceptors (Lipinski definition) is 3. The quantitative estimate of drug-likeness (QED) is 0.558. The average molecular weight is 197 g/mol. The molecule has 2 rings (SSSR count). The van der Waals surface area contributed by atoms with Gasteiger partial charge in [-0.05, 0) is 30.7 Å². The van der Waals surface area contributed by atoms with E-state index in [2.05, 4.69) is 41.2 Å². The van der Waals surface area contributed by atoms with Gasteiger partial charge in [0.1, 0.15) is 0 Å². The van der Waals surface area contributed by atoms with Crippen molar-refractivity contribution in [3.05, 3.63) is 29.8 Å². The summed E-state index contributed by atoms with van der Waals surface area (Å²) in [5.74, 6) is 0. The van der Waals surface area contributed by atoms with Gasteiger partial charge in [-0.25, -0.2) is 0 Å². The van der Waals surface area contributed by atoms with Crippen molar-refractivity contribution in [3.63, 3.8) is 0 Å².